The van der Waals surface area contributed by atoms with Crippen molar-refractivity contribution in [3.05, 3.63) is 0 Å². The van der Waals surface area contributed by atoms with Crippen LogP contribution in [0.4, 0.5) is 0 Å². The molecule has 0 aromatic carbocycles. The quantitative estimate of drug-likeness (QED) is 0.637. The van der Waals surface area contributed by atoms with E-state index in [1.807, 2.05) is 27.7 Å². The van der Waals surface area contributed by atoms with Crippen LogP contribution in [0, 0.1) is 0 Å². The number of nitrogens with zero attached hydrogens (tertiary/aromatic N) is 1. The molecule has 0 aromatic heterocycles. The van der Waals surface area contributed by atoms with E-state index in [-0.39, 0.29) is 17.3 Å². The molecule has 0 rings (SSSR count). The molecule has 4 N–H and O–H groups in total. The average molecular weight is 238 g/mol. The fourth-order valence-electron chi connectivity index (χ4n) is 1.04. The number of hydrogen-bond donors (Lipinski definition) is 3. The second-order valence-electron chi connectivity index (χ2n) is 3.22. The first-order valence-corrected chi connectivity index (χ1v) is 5.01. The van der Waals surface area contributed by atoms with Gasteiger partial charge < -0.3 is 20.8 Å². The highest BCUT2D eigenvalue weighted by Crippen LogP contribution is 2.04. The molecule has 0 fully saturated rings. The van der Waals surface area contributed by atoms with Crippen molar-refractivity contribution < 1.29 is 10.2 Å². The molecule has 0 radical (unpaired) electrons. The fraction of sp³-hybridized carbons (Fsp3) is 0.750. The summed E-state index contributed by atoms with van der Waals surface area (Å²) in [6.45, 7) is 8.01. The summed E-state index contributed by atoms with van der Waals surface area (Å²) in [5.41, 5.74) is 4.40. The van der Waals surface area contributed by atoms with Gasteiger partial charge in [0.2, 0.25) is 0 Å². The van der Waals surface area contributed by atoms with Gasteiger partial charge >= 0.3 is 0 Å². The van der Waals surface area contributed by atoms with Crippen molar-refractivity contribution >= 4 is 34.8 Å². The Hall–Kier alpha value is -0.620. The monoisotopic (exact) mass is 238 g/mol. The molecule has 0 aliphatic rings. The summed E-state index contributed by atoms with van der Waals surface area (Å²) in [5, 5.41) is 16.1. The van der Waals surface area contributed by atoms with Crippen molar-refractivity contribution in [1.82, 2.24) is 4.90 Å². The lowest BCUT2D eigenvalue weighted by molar-refractivity contribution is 0.249. The zero-order valence-corrected chi connectivity index (χ0v) is 10.5. The highest BCUT2D eigenvalue weighted by Gasteiger charge is 2.14. The maximum atomic E-state index is 9.01. The molecule has 0 heterocycles. The van der Waals surface area contributed by atoms with Crippen molar-refractivity contribution in [3.63, 3.8) is 0 Å². The van der Waals surface area contributed by atoms with Gasteiger partial charge in [0.15, 0.2) is 0 Å². The van der Waals surface area contributed by atoms with Gasteiger partial charge in [-0.2, -0.15) is 0 Å². The fourth-order valence-corrected chi connectivity index (χ4v) is 1.46. The lowest BCUT2D eigenvalue weighted by atomic mass is 10.2. The highest BCUT2D eigenvalue weighted by atomic mass is 32.1. The van der Waals surface area contributed by atoms with E-state index in [1.165, 1.54) is 0 Å². The summed E-state index contributed by atoms with van der Waals surface area (Å²) in [6, 6.07) is 0.551. The van der Waals surface area contributed by atoms with Crippen molar-refractivity contribution in [2.45, 2.75) is 39.8 Å². The second kappa shape index (κ2) is 7.75. The first-order chi connectivity index (χ1) is 6.20. The third kappa shape index (κ3) is 9.47. The zero-order valence-electron chi connectivity index (χ0n) is 8.89. The number of nitrogens with two attached hydrogens (primary N) is 1. The highest BCUT2D eigenvalue weighted by molar-refractivity contribution is 7.80. The van der Waals surface area contributed by atoms with Crippen LogP contribution in [0.2, 0.25) is 0 Å². The van der Waals surface area contributed by atoms with Crippen LogP contribution in [0.15, 0.2) is 0 Å². The summed E-state index contributed by atoms with van der Waals surface area (Å²) < 4.78 is 0. The molecule has 4 nitrogen and oxygen atoms in total. The predicted octanol–water partition coefficient (Wildman–Crippen LogP) is 1.74. The molecule has 6 heteroatoms. The summed E-state index contributed by atoms with van der Waals surface area (Å²) in [4.78, 5) is 1.79. The van der Waals surface area contributed by atoms with Crippen molar-refractivity contribution in [1.29, 1.82) is 0 Å². The zero-order chi connectivity index (χ0) is 11.9. The first-order valence-electron chi connectivity index (χ1n) is 4.19. The van der Waals surface area contributed by atoms with Gasteiger partial charge in [-0.25, -0.2) is 0 Å². The molecule has 0 bridgehead atoms. The van der Waals surface area contributed by atoms with Gasteiger partial charge in [0.1, 0.15) is 0 Å². The summed E-state index contributed by atoms with van der Waals surface area (Å²) >= 11 is 8.52. The van der Waals surface area contributed by atoms with Gasteiger partial charge in [-0.05, 0) is 52.1 Å². The maximum absolute atomic E-state index is 9.01. The minimum Gasteiger partial charge on any atom is -0.487 e. The largest absolute Gasteiger partial charge is 0.487 e. The van der Waals surface area contributed by atoms with Gasteiger partial charge in [-0.3, -0.25) is 0 Å². The van der Waals surface area contributed by atoms with Crippen LogP contribution in [-0.2, 0) is 0 Å². The van der Waals surface area contributed by atoms with E-state index in [0.29, 0.717) is 0 Å². The molecular weight excluding hydrogens is 220 g/mol. The summed E-state index contributed by atoms with van der Waals surface area (Å²) in [6.07, 6.45) is 0. The molecule has 0 atom stereocenters. The summed E-state index contributed by atoms with van der Waals surface area (Å²) in [5.74, 6) is 0. The third-order valence-corrected chi connectivity index (χ3v) is 1.54. The molecular formula is C8H18N2O2S2. The Morgan fingerprint density at radius 1 is 1.07 bits per heavy atom. The van der Waals surface area contributed by atoms with Gasteiger partial charge in [0.05, 0.1) is 0 Å². The Morgan fingerprint density at radius 2 is 1.29 bits per heavy atom. The third-order valence-electron chi connectivity index (χ3n) is 1.33. The SMILES string of the molecule is CC(C)N(C(O)=S)C(C)C.NC(O)=S. The number of hydrogen-bond acceptors (Lipinski definition) is 2. The van der Waals surface area contributed by atoms with Crippen molar-refractivity contribution in [2.24, 2.45) is 5.73 Å². The first kappa shape index (κ1) is 15.8. The Morgan fingerprint density at radius 3 is 1.29 bits per heavy atom. The van der Waals surface area contributed by atoms with Gasteiger partial charge in [0, 0.05) is 12.1 Å². The molecule has 0 saturated carbocycles. The minimum absolute atomic E-state index is 0.00926. The minimum atomic E-state index is -0.500. The Balaban J connectivity index is 0. The summed E-state index contributed by atoms with van der Waals surface area (Å²) in [7, 11) is 0. The van der Waals surface area contributed by atoms with E-state index in [0.717, 1.165) is 0 Å². The number of rotatable bonds is 2. The molecule has 0 aliphatic heterocycles. The van der Waals surface area contributed by atoms with Crippen LogP contribution in [0.5, 0.6) is 0 Å². The van der Waals surface area contributed by atoms with Gasteiger partial charge in [0.25, 0.3) is 10.3 Å². The van der Waals surface area contributed by atoms with Crippen LogP contribution >= 0.6 is 24.4 Å². The normalized spacial score (nSPS) is 9.29. The van der Waals surface area contributed by atoms with Crippen LogP contribution in [0.25, 0.3) is 0 Å². The average Bonchev–Trinajstić information content (AvgIpc) is 1.80. The molecule has 14 heavy (non-hydrogen) atoms. The molecule has 0 aliphatic carbocycles. The van der Waals surface area contributed by atoms with E-state index >= 15 is 0 Å². The maximum Gasteiger partial charge on any atom is 0.257 e. The van der Waals surface area contributed by atoms with Crippen LogP contribution < -0.4 is 5.73 Å². The molecule has 0 unspecified atom stereocenters. The smallest absolute Gasteiger partial charge is 0.257 e. The Labute approximate surface area is 95.7 Å². The van der Waals surface area contributed by atoms with E-state index in [4.69, 9.17) is 10.2 Å². The number of aliphatic hydroxyl groups excluding tert-OH is 2. The second-order valence-corrected chi connectivity index (χ2v) is 4.00. The van der Waals surface area contributed by atoms with Crippen LogP contribution in [0.3, 0.4) is 0 Å². The molecule has 0 amide bonds. The van der Waals surface area contributed by atoms with Crippen LogP contribution in [0.1, 0.15) is 27.7 Å². The predicted molar refractivity (Wildman–Crippen MR) is 66.8 cm³/mol. The topological polar surface area (TPSA) is 69.7 Å². The van der Waals surface area contributed by atoms with E-state index in [9.17, 15) is 0 Å². The van der Waals surface area contributed by atoms with E-state index in [2.05, 4.69) is 30.2 Å². The van der Waals surface area contributed by atoms with Gasteiger partial charge in [-0.1, -0.05) is 0 Å². The number of thiocarbonyl (C=S) groups is 2. The van der Waals surface area contributed by atoms with Crippen molar-refractivity contribution in [3.8, 4) is 0 Å². The molecule has 0 aromatic rings. The molecule has 0 spiro atoms. The van der Waals surface area contributed by atoms with E-state index in [1.54, 1.807) is 4.90 Å². The lowest BCUT2D eigenvalue weighted by Crippen LogP contribution is -2.40. The van der Waals surface area contributed by atoms with Crippen molar-refractivity contribution in [2.75, 3.05) is 0 Å². The molecule has 84 valence electrons. The van der Waals surface area contributed by atoms with Gasteiger partial charge in [-0.15, -0.1) is 0 Å². The Bertz CT molecular complexity index is 184. The molecule has 0 saturated heterocycles. The Kier molecular flexibility index (Phi) is 8.77. The van der Waals surface area contributed by atoms with Crippen LogP contribution in [-0.4, -0.2) is 37.5 Å². The lowest BCUT2D eigenvalue weighted by Gasteiger charge is -2.29. The standard InChI is InChI=1S/C7H15NOS.CH3NOS/c1-5(2)8(6(3)4)7(9)10;2-1(3)4/h5-6H,1-4H3,(H,9,10);(H3,2,3,4). The number of aliphatic hydroxyl groups is 2. The van der Waals surface area contributed by atoms with E-state index < -0.39 is 5.17 Å².